The Hall–Kier alpha value is -1.11. The van der Waals surface area contributed by atoms with Crippen molar-refractivity contribution in [2.75, 3.05) is 39.4 Å². The highest BCUT2D eigenvalue weighted by atomic mass is 32.1. The van der Waals surface area contributed by atoms with Gasteiger partial charge in [0.1, 0.15) is 0 Å². The number of ether oxygens (including phenoxy) is 1. The summed E-state index contributed by atoms with van der Waals surface area (Å²) in [6.07, 6.45) is 1.19. The van der Waals surface area contributed by atoms with Crippen LogP contribution in [0.4, 0.5) is 0 Å². The molecule has 0 radical (unpaired) electrons. The Morgan fingerprint density at radius 2 is 2.08 bits per heavy atom. The van der Waals surface area contributed by atoms with Crippen molar-refractivity contribution in [1.29, 1.82) is 0 Å². The largest absolute Gasteiger partial charge is 0.379 e. The van der Waals surface area contributed by atoms with Crippen LogP contribution in [0, 0.1) is 12.8 Å². The normalized spacial score (nSPS) is 17.7. The molecule has 0 bridgehead atoms. The Kier molecular flexibility index (Phi) is 8.72. The molecular weight excluding hydrogens is 332 g/mol. The van der Waals surface area contributed by atoms with Crippen LogP contribution in [0.5, 0.6) is 0 Å². The highest BCUT2D eigenvalue weighted by molar-refractivity contribution is 7.10. The van der Waals surface area contributed by atoms with E-state index in [1.165, 1.54) is 16.9 Å². The molecule has 142 valence electrons. The predicted molar refractivity (Wildman–Crippen MR) is 108 cm³/mol. The van der Waals surface area contributed by atoms with Gasteiger partial charge in [-0.25, -0.2) is 4.99 Å². The van der Waals surface area contributed by atoms with E-state index in [0.717, 1.165) is 51.9 Å². The third-order valence-electron chi connectivity index (χ3n) is 4.50. The number of aryl methyl sites for hydroxylation is 1. The first kappa shape index (κ1) is 20.2. The summed E-state index contributed by atoms with van der Waals surface area (Å²) in [5.74, 6) is 1.60. The molecule has 0 amide bonds. The summed E-state index contributed by atoms with van der Waals surface area (Å²) in [7, 11) is 0. The molecule has 5 nitrogen and oxygen atoms in total. The van der Waals surface area contributed by atoms with E-state index in [4.69, 9.17) is 9.73 Å². The lowest BCUT2D eigenvalue weighted by Gasteiger charge is -2.35. The van der Waals surface area contributed by atoms with Crippen molar-refractivity contribution in [2.24, 2.45) is 10.9 Å². The number of hydrogen-bond acceptors (Lipinski definition) is 4. The zero-order valence-electron chi connectivity index (χ0n) is 16.2. The van der Waals surface area contributed by atoms with Crippen LogP contribution in [0.3, 0.4) is 0 Å². The topological polar surface area (TPSA) is 48.9 Å². The maximum Gasteiger partial charge on any atom is 0.191 e. The fourth-order valence-corrected chi connectivity index (χ4v) is 3.95. The first-order chi connectivity index (χ1) is 12.1. The third-order valence-corrected chi connectivity index (χ3v) is 5.51. The summed E-state index contributed by atoms with van der Waals surface area (Å²) < 4.78 is 5.51. The number of nitrogens with zero attached hydrogens (tertiary/aromatic N) is 2. The average Bonchev–Trinajstić information content (AvgIpc) is 3.01. The number of aliphatic imine (C=N–C) groups is 1. The molecule has 1 aliphatic rings. The Balaban J connectivity index is 1.94. The van der Waals surface area contributed by atoms with E-state index in [1.54, 1.807) is 11.3 Å². The molecular formula is C19H34N4OS. The van der Waals surface area contributed by atoms with E-state index < -0.39 is 0 Å². The van der Waals surface area contributed by atoms with Crippen LogP contribution in [0.25, 0.3) is 0 Å². The summed E-state index contributed by atoms with van der Waals surface area (Å²) in [5.41, 5.74) is 1.33. The second-order valence-corrected chi connectivity index (χ2v) is 8.04. The van der Waals surface area contributed by atoms with Crippen molar-refractivity contribution < 1.29 is 4.74 Å². The molecule has 1 atom stereocenters. The molecule has 1 aliphatic heterocycles. The van der Waals surface area contributed by atoms with Crippen molar-refractivity contribution in [2.45, 2.75) is 46.7 Å². The molecule has 0 spiro atoms. The van der Waals surface area contributed by atoms with Gasteiger partial charge < -0.3 is 15.4 Å². The van der Waals surface area contributed by atoms with Crippen molar-refractivity contribution >= 4 is 17.3 Å². The number of hydrogen-bond donors (Lipinski definition) is 2. The Bertz CT molecular complexity index is 523. The lowest BCUT2D eigenvalue weighted by atomic mass is 10.0. The zero-order valence-corrected chi connectivity index (χ0v) is 17.0. The summed E-state index contributed by atoms with van der Waals surface area (Å²) in [6, 6.07) is 2.68. The molecule has 2 rings (SSSR count). The summed E-state index contributed by atoms with van der Waals surface area (Å²) in [6.45, 7) is 15.2. The maximum absolute atomic E-state index is 5.51. The second kappa shape index (κ2) is 10.8. The van der Waals surface area contributed by atoms with E-state index in [9.17, 15) is 0 Å². The summed E-state index contributed by atoms with van der Waals surface area (Å²) in [5, 5.41) is 9.08. The second-order valence-electron chi connectivity index (χ2n) is 7.03. The summed E-state index contributed by atoms with van der Waals surface area (Å²) in [4.78, 5) is 8.67. The van der Waals surface area contributed by atoms with Crippen LogP contribution >= 0.6 is 11.3 Å². The Morgan fingerprint density at radius 1 is 1.32 bits per heavy atom. The van der Waals surface area contributed by atoms with Crippen molar-refractivity contribution in [3.05, 3.63) is 21.9 Å². The third kappa shape index (κ3) is 6.96. The van der Waals surface area contributed by atoms with Gasteiger partial charge in [-0.2, -0.15) is 0 Å². The molecule has 0 aliphatic carbocycles. The molecule has 2 heterocycles. The first-order valence-electron chi connectivity index (χ1n) is 9.47. The van der Waals surface area contributed by atoms with Gasteiger partial charge in [0, 0.05) is 37.1 Å². The van der Waals surface area contributed by atoms with E-state index in [-0.39, 0.29) is 0 Å². The van der Waals surface area contributed by atoms with E-state index in [0.29, 0.717) is 12.0 Å². The number of guanidine groups is 1. The number of thiophene rings is 1. The molecule has 1 saturated heterocycles. The molecule has 2 N–H and O–H groups in total. The minimum atomic E-state index is 0.524. The van der Waals surface area contributed by atoms with Crippen molar-refractivity contribution in [1.82, 2.24) is 15.5 Å². The quantitative estimate of drug-likeness (QED) is 0.549. The standard InChI is InChI=1S/C19H34N4OS/c1-5-20-19(22-14-18-16(4)6-11-25-18)21-13-17(12-15(2)3)23-7-9-24-10-8-23/h6,11,15,17H,5,7-10,12-14H2,1-4H3,(H2,20,21,22). The van der Waals surface area contributed by atoms with Crippen LogP contribution in [-0.2, 0) is 11.3 Å². The lowest BCUT2D eigenvalue weighted by molar-refractivity contribution is 0.0132. The van der Waals surface area contributed by atoms with Crippen LogP contribution in [0.15, 0.2) is 16.4 Å². The van der Waals surface area contributed by atoms with E-state index >= 15 is 0 Å². The molecule has 0 aromatic carbocycles. The van der Waals surface area contributed by atoms with Crippen LogP contribution < -0.4 is 10.6 Å². The maximum atomic E-state index is 5.51. The zero-order chi connectivity index (χ0) is 18.1. The Morgan fingerprint density at radius 3 is 2.68 bits per heavy atom. The highest BCUT2D eigenvalue weighted by Crippen LogP contribution is 2.16. The monoisotopic (exact) mass is 366 g/mol. The minimum Gasteiger partial charge on any atom is -0.379 e. The molecule has 1 aromatic rings. The van der Waals surface area contributed by atoms with Gasteiger partial charge in [0.05, 0.1) is 19.8 Å². The minimum absolute atomic E-state index is 0.524. The average molecular weight is 367 g/mol. The molecule has 25 heavy (non-hydrogen) atoms. The molecule has 6 heteroatoms. The molecule has 1 fully saturated rings. The molecule has 1 aromatic heterocycles. The highest BCUT2D eigenvalue weighted by Gasteiger charge is 2.22. The SMILES string of the molecule is CCNC(=NCc1sccc1C)NCC(CC(C)C)N1CCOCC1. The van der Waals surface area contributed by atoms with Crippen LogP contribution in [0.1, 0.15) is 37.6 Å². The van der Waals surface area contributed by atoms with Gasteiger partial charge in [-0.15, -0.1) is 11.3 Å². The summed E-state index contributed by atoms with van der Waals surface area (Å²) >= 11 is 1.78. The Labute approximate surface area is 156 Å². The van der Waals surface area contributed by atoms with Gasteiger partial charge in [-0.3, -0.25) is 4.90 Å². The van der Waals surface area contributed by atoms with Gasteiger partial charge in [-0.1, -0.05) is 13.8 Å². The van der Waals surface area contributed by atoms with Crippen LogP contribution in [0.2, 0.25) is 0 Å². The number of morpholine rings is 1. The predicted octanol–water partition coefficient (Wildman–Crippen LogP) is 2.86. The number of nitrogens with one attached hydrogen (secondary N) is 2. The van der Waals surface area contributed by atoms with Crippen molar-refractivity contribution in [3.63, 3.8) is 0 Å². The fraction of sp³-hybridized carbons (Fsp3) is 0.737. The molecule has 1 unspecified atom stereocenters. The van der Waals surface area contributed by atoms with Gasteiger partial charge in [0.2, 0.25) is 0 Å². The first-order valence-corrected chi connectivity index (χ1v) is 10.3. The van der Waals surface area contributed by atoms with E-state index in [2.05, 4.69) is 54.7 Å². The lowest BCUT2D eigenvalue weighted by Crippen LogP contribution is -2.51. The van der Waals surface area contributed by atoms with Gasteiger partial charge in [0.25, 0.3) is 0 Å². The van der Waals surface area contributed by atoms with Gasteiger partial charge in [0.15, 0.2) is 5.96 Å². The number of rotatable bonds is 8. The fourth-order valence-electron chi connectivity index (χ4n) is 3.12. The van der Waals surface area contributed by atoms with E-state index in [1.807, 2.05) is 0 Å². The van der Waals surface area contributed by atoms with Crippen LogP contribution in [-0.4, -0.2) is 56.3 Å². The van der Waals surface area contributed by atoms with Gasteiger partial charge >= 0.3 is 0 Å². The molecule has 0 saturated carbocycles. The smallest absolute Gasteiger partial charge is 0.191 e. The van der Waals surface area contributed by atoms with Crippen molar-refractivity contribution in [3.8, 4) is 0 Å². The van der Waals surface area contributed by atoms with Gasteiger partial charge in [-0.05, 0) is 43.2 Å².